The van der Waals surface area contributed by atoms with E-state index in [4.69, 9.17) is 9.47 Å². The summed E-state index contributed by atoms with van der Waals surface area (Å²) in [5.41, 5.74) is 2.82. The predicted molar refractivity (Wildman–Crippen MR) is 127 cm³/mol. The molecule has 1 aromatic heterocycles. The maximum atomic E-state index is 12.6. The molecule has 3 aromatic rings. The molecule has 2 N–H and O–H groups in total. The third-order valence-electron chi connectivity index (χ3n) is 5.27. The van der Waals surface area contributed by atoms with Gasteiger partial charge in [-0.3, -0.25) is 14.4 Å². The summed E-state index contributed by atoms with van der Waals surface area (Å²) < 4.78 is 38.0. The number of carbonyl (C=O) groups excluding carboxylic acids is 1. The van der Waals surface area contributed by atoms with E-state index < -0.39 is 10.0 Å². The summed E-state index contributed by atoms with van der Waals surface area (Å²) in [4.78, 5) is 18.6. The number of hydrogen-bond donors (Lipinski definition) is 2. The van der Waals surface area contributed by atoms with Crippen LogP contribution in [0.2, 0.25) is 0 Å². The molecule has 0 saturated carbocycles. The first kappa shape index (κ1) is 23.0. The molecule has 1 aliphatic rings. The van der Waals surface area contributed by atoms with Gasteiger partial charge in [-0.15, -0.1) is 11.3 Å². The fourth-order valence-electron chi connectivity index (χ4n) is 3.65. The van der Waals surface area contributed by atoms with E-state index in [-0.39, 0.29) is 17.3 Å². The van der Waals surface area contributed by atoms with Crippen molar-refractivity contribution in [3.8, 4) is 11.5 Å². The Hall–Kier alpha value is -3.15. The number of thiazole rings is 1. The van der Waals surface area contributed by atoms with Crippen molar-refractivity contribution in [1.82, 2.24) is 9.88 Å². The quantitative estimate of drug-likeness (QED) is 0.502. The third kappa shape index (κ3) is 5.44. The first-order valence-corrected chi connectivity index (χ1v) is 12.5. The lowest BCUT2D eigenvalue weighted by molar-refractivity contribution is -0.117. The van der Waals surface area contributed by atoms with Gasteiger partial charge in [0.1, 0.15) is 0 Å². The van der Waals surface area contributed by atoms with E-state index in [1.54, 1.807) is 31.7 Å². The Morgan fingerprint density at radius 1 is 1.12 bits per heavy atom. The molecule has 174 valence electrons. The van der Waals surface area contributed by atoms with Crippen molar-refractivity contribution in [2.45, 2.75) is 17.9 Å². The number of aromatic nitrogens is 1. The van der Waals surface area contributed by atoms with Crippen molar-refractivity contribution < 1.29 is 22.7 Å². The van der Waals surface area contributed by atoms with Gasteiger partial charge in [0, 0.05) is 30.4 Å². The molecule has 0 unspecified atom stereocenters. The zero-order valence-electron chi connectivity index (χ0n) is 18.2. The van der Waals surface area contributed by atoms with Crippen LogP contribution >= 0.6 is 11.3 Å². The zero-order valence-corrected chi connectivity index (χ0v) is 19.8. The summed E-state index contributed by atoms with van der Waals surface area (Å²) in [6.07, 6.45) is 2.33. The maximum absolute atomic E-state index is 12.6. The van der Waals surface area contributed by atoms with Crippen molar-refractivity contribution in [1.29, 1.82) is 0 Å². The van der Waals surface area contributed by atoms with Gasteiger partial charge in [0.05, 0.1) is 25.7 Å². The summed E-state index contributed by atoms with van der Waals surface area (Å²) in [5, 5.41) is 4.81. The second-order valence-corrected chi connectivity index (χ2v) is 10.0. The van der Waals surface area contributed by atoms with Crippen LogP contribution in [0.15, 0.2) is 52.9 Å². The number of amides is 1. The van der Waals surface area contributed by atoms with Gasteiger partial charge in [0.15, 0.2) is 16.6 Å². The second kappa shape index (κ2) is 9.77. The summed E-state index contributed by atoms with van der Waals surface area (Å²) in [7, 11) is -0.517. The number of methoxy groups -OCH3 is 2. The zero-order chi connectivity index (χ0) is 23.4. The van der Waals surface area contributed by atoms with E-state index in [1.165, 1.54) is 35.2 Å². The standard InChI is InChI=1S/C22H24N4O5S2/c1-30-19-11-15-7-9-26(13-16(15)12-20(19)31-2)14-21(27)24-17-3-5-18(6-4-17)33(28,29)25-22-23-8-10-32-22/h3-6,8,10-12H,7,9,13-14H2,1-2H3,(H,23,25)(H,24,27). The number of fused-ring (bicyclic) bond motifs is 1. The van der Waals surface area contributed by atoms with Gasteiger partial charge in [-0.1, -0.05) is 0 Å². The van der Waals surface area contributed by atoms with Gasteiger partial charge in [0.2, 0.25) is 5.91 Å². The smallest absolute Gasteiger partial charge is 0.263 e. The van der Waals surface area contributed by atoms with Crippen molar-refractivity contribution in [2.24, 2.45) is 0 Å². The SMILES string of the molecule is COc1cc2c(cc1OC)CN(CC(=O)Nc1ccc(S(=O)(=O)Nc3nccs3)cc1)CC2. The van der Waals surface area contributed by atoms with Crippen LogP contribution in [-0.2, 0) is 27.8 Å². The van der Waals surface area contributed by atoms with Gasteiger partial charge < -0.3 is 14.8 Å². The molecule has 2 aromatic carbocycles. The molecular formula is C22H24N4O5S2. The maximum Gasteiger partial charge on any atom is 0.263 e. The van der Waals surface area contributed by atoms with Crippen molar-refractivity contribution in [3.63, 3.8) is 0 Å². The van der Waals surface area contributed by atoms with Crippen molar-refractivity contribution in [2.75, 3.05) is 37.3 Å². The molecule has 0 bridgehead atoms. The first-order chi connectivity index (χ1) is 15.9. The summed E-state index contributed by atoms with van der Waals surface area (Å²) in [6, 6.07) is 9.97. The molecule has 0 spiro atoms. The van der Waals surface area contributed by atoms with Crippen LogP contribution in [0, 0.1) is 0 Å². The molecule has 0 aliphatic carbocycles. The van der Waals surface area contributed by atoms with Crippen LogP contribution in [0.25, 0.3) is 0 Å². The molecule has 11 heteroatoms. The van der Waals surface area contributed by atoms with E-state index in [0.29, 0.717) is 28.9 Å². The highest BCUT2D eigenvalue weighted by molar-refractivity contribution is 7.93. The highest BCUT2D eigenvalue weighted by atomic mass is 32.2. The molecule has 9 nitrogen and oxygen atoms in total. The minimum atomic E-state index is -3.73. The van der Waals surface area contributed by atoms with Crippen LogP contribution in [0.1, 0.15) is 11.1 Å². The van der Waals surface area contributed by atoms with Gasteiger partial charge in [-0.25, -0.2) is 13.4 Å². The lowest BCUT2D eigenvalue weighted by Gasteiger charge is -2.29. The Bertz CT molecular complexity index is 1230. The van der Waals surface area contributed by atoms with Crippen LogP contribution < -0.4 is 19.5 Å². The second-order valence-electron chi connectivity index (χ2n) is 7.45. The molecule has 0 atom stereocenters. The topological polar surface area (TPSA) is 110 Å². The average Bonchev–Trinajstić information content (AvgIpc) is 3.30. The fraction of sp³-hybridized carbons (Fsp3) is 0.273. The Labute approximate surface area is 196 Å². The van der Waals surface area contributed by atoms with E-state index in [9.17, 15) is 13.2 Å². The number of hydrogen-bond acceptors (Lipinski definition) is 8. The van der Waals surface area contributed by atoms with Crippen LogP contribution in [0.4, 0.5) is 10.8 Å². The Morgan fingerprint density at radius 2 is 1.82 bits per heavy atom. The van der Waals surface area contributed by atoms with Gasteiger partial charge >= 0.3 is 0 Å². The Kier molecular flexibility index (Phi) is 6.82. The van der Waals surface area contributed by atoms with Gasteiger partial charge in [-0.2, -0.15) is 0 Å². The van der Waals surface area contributed by atoms with Crippen LogP contribution in [0.3, 0.4) is 0 Å². The highest BCUT2D eigenvalue weighted by Gasteiger charge is 2.21. The molecule has 4 rings (SSSR count). The summed E-state index contributed by atoms with van der Waals surface area (Å²) >= 11 is 1.20. The summed E-state index contributed by atoms with van der Waals surface area (Å²) in [5.74, 6) is 1.20. The number of anilines is 2. The van der Waals surface area contributed by atoms with Crippen molar-refractivity contribution >= 4 is 38.1 Å². The molecule has 33 heavy (non-hydrogen) atoms. The molecule has 1 amide bonds. The molecule has 1 aliphatic heterocycles. The number of sulfonamides is 1. The Balaban J connectivity index is 1.35. The molecule has 2 heterocycles. The number of ether oxygens (including phenoxy) is 2. The number of benzene rings is 2. The summed E-state index contributed by atoms with van der Waals surface area (Å²) in [6.45, 7) is 1.59. The predicted octanol–water partition coefficient (Wildman–Crippen LogP) is 2.96. The number of rotatable bonds is 8. The van der Waals surface area contributed by atoms with Crippen molar-refractivity contribution in [3.05, 3.63) is 59.1 Å². The number of nitrogens with one attached hydrogen (secondary N) is 2. The minimum absolute atomic E-state index is 0.0905. The number of carbonyl (C=O) groups is 1. The molecular weight excluding hydrogens is 464 g/mol. The van der Waals surface area contributed by atoms with E-state index in [2.05, 4.69) is 19.9 Å². The third-order valence-corrected chi connectivity index (χ3v) is 7.44. The normalized spacial score (nSPS) is 13.8. The van der Waals surface area contributed by atoms with E-state index in [0.717, 1.165) is 18.5 Å². The number of nitrogens with zero attached hydrogens (tertiary/aromatic N) is 2. The van der Waals surface area contributed by atoms with E-state index in [1.807, 2.05) is 12.1 Å². The molecule has 0 fully saturated rings. The largest absolute Gasteiger partial charge is 0.493 e. The van der Waals surface area contributed by atoms with Crippen LogP contribution in [0.5, 0.6) is 11.5 Å². The minimum Gasteiger partial charge on any atom is -0.493 e. The Morgan fingerprint density at radius 3 is 2.45 bits per heavy atom. The fourth-order valence-corrected chi connectivity index (χ4v) is 5.43. The first-order valence-electron chi connectivity index (χ1n) is 10.2. The van der Waals surface area contributed by atoms with E-state index >= 15 is 0 Å². The van der Waals surface area contributed by atoms with Crippen LogP contribution in [-0.4, -0.2) is 51.5 Å². The monoisotopic (exact) mass is 488 g/mol. The highest BCUT2D eigenvalue weighted by Crippen LogP contribution is 2.33. The average molecular weight is 489 g/mol. The molecule has 0 saturated heterocycles. The van der Waals surface area contributed by atoms with Gasteiger partial charge in [0.25, 0.3) is 10.0 Å². The van der Waals surface area contributed by atoms with Gasteiger partial charge in [-0.05, 0) is 53.9 Å². The molecule has 0 radical (unpaired) electrons. The lowest BCUT2D eigenvalue weighted by Crippen LogP contribution is -2.37. The lowest BCUT2D eigenvalue weighted by atomic mass is 9.99.